The Bertz CT molecular complexity index is 1200. The summed E-state index contributed by atoms with van der Waals surface area (Å²) in [7, 11) is 1.87. The van der Waals surface area contributed by atoms with Crippen molar-refractivity contribution in [2.24, 2.45) is 7.05 Å². The van der Waals surface area contributed by atoms with Crippen LogP contribution in [0.3, 0.4) is 0 Å². The second-order valence-electron chi connectivity index (χ2n) is 7.66. The van der Waals surface area contributed by atoms with Gasteiger partial charge in [-0.1, -0.05) is 6.92 Å². The Morgan fingerprint density at radius 1 is 1.21 bits per heavy atom. The molecule has 7 nitrogen and oxygen atoms in total. The molecule has 1 fully saturated rings. The van der Waals surface area contributed by atoms with E-state index < -0.39 is 0 Å². The van der Waals surface area contributed by atoms with Crippen molar-refractivity contribution < 1.29 is 5.11 Å². The van der Waals surface area contributed by atoms with Gasteiger partial charge in [-0.2, -0.15) is 5.10 Å². The molecule has 1 saturated heterocycles. The van der Waals surface area contributed by atoms with Crippen molar-refractivity contribution >= 4 is 27.6 Å². The molecule has 7 heteroatoms. The lowest BCUT2D eigenvalue weighted by Gasteiger charge is -2.19. The summed E-state index contributed by atoms with van der Waals surface area (Å²) in [5.74, 6) is 0.172. The SMILES string of the molecule is CCN[C@@H]1CCN(c2cnc3nc(-c4cc5cn(C)nc5cc4O)ccc3c2)C1. The van der Waals surface area contributed by atoms with Crippen molar-refractivity contribution in [1.82, 2.24) is 25.1 Å². The predicted octanol–water partition coefficient (Wildman–Crippen LogP) is 3.08. The maximum Gasteiger partial charge on any atom is 0.159 e. The lowest BCUT2D eigenvalue weighted by Crippen LogP contribution is -2.32. The summed E-state index contributed by atoms with van der Waals surface area (Å²) in [6.45, 7) is 5.19. The molecule has 0 aliphatic carbocycles. The van der Waals surface area contributed by atoms with Gasteiger partial charge >= 0.3 is 0 Å². The minimum Gasteiger partial charge on any atom is -0.507 e. The lowest BCUT2D eigenvalue weighted by atomic mass is 10.1. The van der Waals surface area contributed by atoms with Crippen LogP contribution in [0.4, 0.5) is 5.69 Å². The van der Waals surface area contributed by atoms with E-state index in [4.69, 9.17) is 4.98 Å². The summed E-state index contributed by atoms with van der Waals surface area (Å²) in [5, 5.41) is 20.3. The van der Waals surface area contributed by atoms with E-state index in [9.17, 15) is 5.11 Å². The van der Waals surface area contributed by atoms with E-state index in [1.165, 1.54) is 0 Å². The number of nitrogens with one attached hydrogen (secondary N) is 1. The maximum absolute atomic E-state index is 10.5. The Morgan fingerprint density at radius 3 is 2.97 bits per heavy atom. The minimum atomic E-state index is 0.172. The third kappa shape index (κ3) is 3.27. The number of hydrogen-bond donors (Lipinski definition) is 2. The zero-order chi connectivity index (χ0) is 20.0. The highest BCUT2D eigenvalue weighted by Gasteiger charge is 2.22. The van der Waals surface area contributed by atoms with Gasteiger partial charge in [0, 0.05) is 54.8 Å². The van der Waals surface area contributed by atoms with Crippen LogP contribution in [0.15, 0.2) is 42.7 Å². The number of pyridine rings is 2. The van der Waals surface area contributed by atoms with E-state index in [1.54, 1.807) is 10.7 Å². The molecule has 4 aromatic rings. The van der Waals surface area contributed by atoms with Gasteiger partial charge in [-0.15, -0.1) is 0 Å². The third-order valence-corrected chi connectivity index (χ3v) is 5.59. The molecule has 3 aromatic heterocycles. The highest BCUT2D eigenvalue weighted by molar-refractivity contribution is 5.89. The molecule has 0 saturated carbocycles. The van der Waals surface area contributed by atoms with Gasteiger partial charge in [0.1, 0.15) is 5.75 Å². The molecule has 29 heavy (non-hydrogen) atoms. The largest absolute Gasteiger partial charge is 0.507 e. The molecule has 1 aliphatic rings. The van der Waals surface area contributed by atoms with Gasteiger partial charge in [-0.05, 0) is 37.2 Å². The van der Waals surface area contributed by atoms with Gasteiger partial charge in [0.2, 0.25) is 0 Å². The first-order chi connectivity index (χ1) is 14.1. The van der Waals surface area contributed by atoms with Crippen LogP contribution >= 0.6 is 0 Å². The average Bonchev–Trinajstić information content (AvgIpc) is 3.32. The van der Waals surface area contributed by atoms with E-state index in [0.717, 1.165) is 48.0 Å². The highest BCUT2D eigenvalue weighted by atomic mass is 16.3. The average molecular weight is 388 g/mol. The standard InChI is InChI=1S/C22H24N6O/c1-3-23-16-6-7-28(13-16)17-8-14-4-5-19(25-22(14)24-11-17)18-9-15-12-27(2)26-20(15)10-21(18)29/h4-5,8-12,16,23,29H,3,6-7,13H2,1-2H3/t16-/m1/s1. The third-order valence-electron chi connectivity index (χ3n) is 5.59. The van der Waals surface area contributed by atoms with Gasteiger partial charge in [-0.25, -0.2) is 9.97 Å². The minimum absolute atomic E-state index is 0.172. The molecule has 0 spiro atoms. The van der Waals surface area contributed by atoms with Crippen LogP contribution in [0.1, 0.15) is 13.3 Å². The Labute approximate surface area is 169 Å². The summed E-state index contributed by atoms with van der Waals surface area (Å²) in [6, 6.07) is 10.3. The normalized spacial score (nSPS) is 16.9. The Balaban J connectivity index is 1.48. The van der Waals surface area contributed by atoms with Gasteiger partial charge in [0.05, 0.1) is 23.1 Å². The number of aromatic nitrogens is 4. The van der Waals surface area contributed by atoms with Crippen LogP contribution in [-0.2, 0) is 7.05 Å². The number of nitrogens with zero attached hydrogens (tertiary/aromatic N) is 5. The van der Waals surface area contributed by atoms with E-state index in [1.807, 2.05) is 37.6 Å². The number of aromatic hydroxyl groups is 1. The molecule has 1 aliphatic heterocycles. The number of rotatable bonds is 4. The fourth-order valence-electron chi connectivity index (χ4n) is 4.16. The van der Waals surface area contributed by atoms with Crippen molar-refractivity contribution in [1.29, 1.82) is 0 Å². The summed E-state index contributed by atoms with van der Waals surface area (Å²) < 4.78 is 1.74. The molecule has 148 valence electrons. The van der Waals surface area contributed by atoms with Crippen LogP contribution in [0.2, 0.25) is 0 Å². The molecule has 5 rings (SSSR count). The summed E-state index contributed by atoms with van der Waals surface area (Å²) in [4.78, 5) is 11.7. The zero-order valence-corrected chi connectivity index (χ0v) is 16.6. The smallest absolute Gasteiger partial charge is 0.159 e. The highest BCUT2D eigenvalue weighted by Crippen LogP contribution is 2.33. The van der Waals surface area contributed by atoms with E-state index in [-0.39, 0.29) is 5.75 Å². The first kappa shape index (κ1) is 17.9. The van der Waals surface area contributed by atoms with Crippen molar-refractivity contribution in [2.75, 3.05) is 24.5 Å². The first-order valence-electron chi connectivity index (χ1n) is 10.0. The van der Waals surface area contributed by atoms with Crippen molar-refractivity contribution in [3.63, 3.8) is 0 Å². The van der Waals surface area contributed by atoms with Gasteiger partial charge in [-0.3, -0.25) is 4.68 Å². The van der Waals surface area contributed by atoms with Gasteiger partial charge in [0.25, 0.3) is 0 Å². The number of phenolic OH excluding ortho intramolecular Hbond substituents is 1. The number of likely N-dealkylation sites (N-methyl/N-ethyl adjacent to an activating group) is 1. The molecule has 4 heterocycles. The number of hydrogen-bond acceptors (Lipinski definition) is 6. The fraction of sp³-hybridized carbons (Fsp3) is 0.318. The van der Waals surface area contributed by atoms with E-state index in [2.05, 4.69) is 33.3 Å². The van der Waals surface area contributed by atoms with Gasteiger partial charge < -0.3 is 15.3 Å². The molecule has 2 N–H and O–H groups in total. The van der Waals surface area contributed by atoms with Crippen LogP contribution in [0, 0.1) is 0 Å². The Morgan fingerprint density at radius 2 is 2.10 bits per heavy atom. The first-order valence-corrected chi connectivity index (χ1v) is 10.0. The van der Waals surface area contributed by atoms with Gasteiger partial charge in [0.15, 0.2) is 5.65 Å². The fourth-order valence-corrected chi connectivity index (χ4v) is 4.16. The van der Waals surface area contributed by atoms with Crippen molar-refractivity contribution in [3.8, 4) is 17.0 Å². The van der Waals surface area contributed by atoms with Crippen LogP contribution in [0.25, 0.3) is 33.2 Å². The molecule has 1 aromatic carbocycles. The number of aryl methyl sites for hydroxylation is 1. The quantitative estimate of drug-likeness (QED) is 0.559. The summed E-state index contributed by atoms with van der Waals surface area (Å²) in [6.07, 6.45) is 4.98. The number of fused-ring (bicyclic) bond motifs is 2. The molecule has 0 radical (unpaired) electrons. The van der Waals surface area contributed by atoms with Crippen LogP contribution in [-0.4, -0.2) is 50.5 Å². The summed E-state index contributed by atoms with van der Waals surface area (Å²) in [5.41, 5.74) is 3.96. The zero-order valence-electron chi connectivity index (χ0n) is 16.6. The molecular formula is C22H24N6O. The van der Waals surface area contributed by atoms with Crippen LogP contribution in [0.5, 0.6) is 5.75 Å². The van der Waals surface area contributed by atoms with Crippen molar-refractivity contribution in [2.45, 2.75) is 19.4 Å². The van der Waals surface area contributed by atoms with E-state index >= 15 is 0 Å². The molecular weight excluding hydrogens is 364 g/mol. The maximum atomic E-state index is 10.5. The Kier molecular flexibility index (Phi) is 4.32. The van der Waals surface area contributed by atoms with E-state index in [0.29, 0.717) is 22.9 Å². The molecule has 0 amide bonds. The number of phenols is 1. The second kappa shape index (κ2) is 7.00. The number of benzene rings is 1. The molecule has 0 bridgehead atoms. The molecule has 1 atom stereocenters. The van der Waals surface area contributed by atoms with Crippen LogP contribution < -0.4 is 10.2 Å². The topological polar surface area (TPSA) is 79.1 Å². The van der Waals surface area contributed by atoms with Crippen molar-refractivity contribution in [3.05, 3.63) is 42.7 Å². The molecule has 0 unspecified atom stereocenters. The lowest BCUT2D eigenvalue weighted by molar-refractivity contribution is 0.478. The monoisotopic (exact) mass is 388 g/mol. The second-order valence-corrected chi connectivity index (χ2v) is 7.66. The Hall–Kier alpha value is -3.19. The summed E-state index contributed by atoms with van der Waals surface area (Å²) >= 11 is 0. The predicted molar refractivity (Wildman–Crippen MR) is 115 cm³/mol. The number of anilines is 1.